The van der Waals surface area contributed by atoms with Crippen molar-refractivity contribution in [3.63, 3.8) is 0 Å². The molecule has 2 aromatic rings. The lowest BCUT2D eigenvalue weighted by Crippen LogP contribution is -2.27. The summed E-state index contributed by atoms with van der Waals surface area (Å²) >= 11 is 6.08. The van der Waals surface area contributed by atoms with Crippen LogP contribution in [0, 0.1) is 0 Å². The fourth-order valence-electron chi connectivity index (χ4n) is 2.26. The molecule has 0 bridgehead atoms. The normalized spacial score (nSPS) is 11.7. The number of methoxy groups -OCH3 is 2. The van der Waals surface area contributed by atoms with Crippen LogP contribution < -0.4 is 19.9 Å². The maximum Gasteiger partial charge on any atom is 0.207 e. The number of nitrogen functional groups attached to an aromatic ring is 1. The Labute approximate surface area is 146 Å². The molecule has 1 atom stereocenters. The molecule has 2 aromatic carbocycles. The predicted molar refractivity (Wildman–Crippen MR) is 94.4 cm³/mol. The first-order valence-electron chi connectivity index (χ1n) is 7.48. The van der Waals surface area contributed by atoms with Crippen molar-refractivity contribution in [1.82, 2.24) is 0 Å². The van der Waals surface area contributed by atoms with Crippen LogP contribution in [0.25, 0.3) is 0 Å². The highest BCUT2D eigenvalue weighted by molar-refractivity contribution is 6.32. The topological polar surface area (TPSA) is 70.8 Å². The van der Waals surface area contributed by atoms with Crippen molar-refractivity contribution in [3.05, 3.63) is 47.0 Å². The maximum atomic E-state index is 12.9. The van der Waals surface area contributed by atoms with E-state index in [2.05, 4.69) is 0 Å². The fourth-order valence-corrected chi connectivity index (χ4v) is 2.49. The second-order valence-corrected chi connectivity index (χ2v) is 5.54. The van der Waals surface area contributed by atoms with E-state index >= 15 is 0 Å². The standard InChI is InChI=1S/C18H20ClNO4/c1-4-15(24-12-7-5-11(20)6-8-12)18(21)13-9-17(23-3)14(19)10-16(13)22-2/h5-10,15H,4,20H2,1-3H3. The van der Waals surface area contributed by atoms with Crippen LogP contribution in [-0.2, 0) is 0 Å². The van der Waals surface area contributed by atoms with Crippen molar-refractivity contribution in [2.24, 2.45) is 0 Å². The van der Waals surface area contributed by atoms with Crippen LogP contribution in [0.15, 0.2) is 36.4 Å². The van der Waals surface area contributed by atoms with Crippen LogP contribution in [0.2, 0.25) is 5.02 Å². The van der Waals surface area contributed by atoms with Crippen molar-refractivity contribution >= 4 is 23.1 Å². The first kappa shape index (κ1) is 17.9. The highest BCUT2D eigenvalue weighted by Crippen LogP contribution is 2.33. The number of ether oxygens (including phenoxy) is 3. The zero-order valence-electron chi connectivity index (χ0n) is 13.8. The first-order chi connectivity index (χ1) is 11.5. The summed E-state index contributed by atoms with van der Waals surface area (Å²) in [7, 11) is 2.97. The van der Waals surface area contributed by atoms with Gasteiger partial charge in [0.2, 0.25) is 5.78 Å². The number of ketones is 1. The number of anilines is 1. The molecule has 5 nitrogen and oxygen atoms in total. The van der Waals surface area contributed by atoms with Gasteiger partial charge in [-0.25, -0.2) is 0 Å². The Kier molecular flexibility index (Phi) is 5.93. The number of carbonyl (C=O) groups is 1. The molecule has 0 amide bonds. The lowest BCUT2D eigenvalue weighted by molar-refractivity contribution is 0.0783. The number of rotatable bonds is 7. The van der Waals surface area contributed by atoms with Gasteiger partial charge in [0.1, 0.15) is 17.2 Å². The Morgan fingerprint density at radius 2 is 1.75 bits per heavy atom. The van der Waals surface area contributed by atoms with Gasteiger partial charge in [-0.05, 0) is 36.8 Å². The van der Waals surface area contributed by atoms with Crippen molar-refractivity contribution in [3.8, 4) is 17.2 Å². The van der Waals surface area contributed by atoms with Gasteiger partial charge in [0, 0.05) is 11.8 Å². The van der Waals surface area contributed by atoms with E-state index in [9.17, 15) is 4.79 Å². The van der Waals surface area contributed by atoms with E-state index in [0.29, 0.717) is 39.9 Å². The smallest absolute Gasteiger partial charge is 0.207 e. The summed E-state index contributed by atoms with van der Waals surface area (Å²) < 4.78 is 16.3. The average Bonchev–Trinajstić information content (AvgIpc) is 2.60. The minimum atomic E-state index is -0.659. The van der Waals surface area contributed by atoms with E-state index in [-0.39, 0.29) is 5.78 Å². The van der Waals surface area contributed by atoms with Crippen LogP contribution in [-0.4, -0.2) is 26.1 Å². The summed E-state index contributed by atoms with van der Waals surface area (Å²) in [6.07, 6.45) is -0.162. The summed E-state index contributed by atoms with van der Waals surface area (Å²) in [4.78, 5) is 12.9. The second kappa shape index (κ2) is 7.93. The van der Waals surface area contributed by atoms with Crippen LogP contribution in [0.4, 0.5) is 5.69 Å². The summed E-state index contributed by atoms with van der Waals surface area (Å²) in [5.74, 6) is 1.15. The molecule has 6 heteroatoms. The Bertz CT molecular complexity index is 716. The monoisotopic (exact) mass is 349 g/mol. The highest BCUT2D eigenvalue weighted by Gasteiger charge is 2.25. The Hall–Kier alpha value is -2.40. The third-order valence-corrected chi connectivity index (χ3v) is 3.86. The number of benzene rings is 2. The van der Waals surface area contributed by atoms with E-state index in [4.69, 9.17) is 31.5 Å². The molecule has 0 radical (unpaired) electrons. The number of nitrogens with two attached hydrogens (primary N) is 1. The molecule has 0 spiro atoms. The Balaban J connectivity index is 2.32. The van der Waals surface area contributed by atoms with E-state index in [1.165, 1.54) is 14.2 Å². The van der Waals surface area contributed by atoms with Gasteiger partial charge in [-0.3, -0.25) is 4.79 Å². The fraction of sp³-hybridized carbons (Fsp3) is 0.278. The summed E-state index contributed by atoms with van der Waals surface area (Å²) in [6, 6.07) is 10.0. The molecule has 24 heavy (non-hydrogen) atoms. The molecule has 0 saturated heterocycles. The molecule has 0 aliphatic heterocycles. The van der Waals surface area contributed by atoms with Crippen LogP contribution in [0.3, 0.4) is 0 Å². The van der Waals surface area contributed by atoms with E-state index in [1.54, 1.807) is 36.4 Å². The molecule has 0 aromatic heterocycles. The van der Waals surface area contributed by atoms with Gasteiger partial charge in [0.25, 0.3) is 0 Å². The third-order valence-electron chi connectivity index (χ3n) is 3.56. The van der Waals surface area contributed by atoms with Gasteiger partial charge in [-0.2, -0.15) is 0 Å². The SMILES string of the molecule is CCC(Oc1ccc(N)cc1)C(=O)c1cc(OC)c(Cl)cc1OC. The van der Waals surface area contributed by atoms with Gasteiger partial charge < -0.3 is 19.9 Å². The Morgan fingerprint density at radius 3 is 2.29 bits per heavy atom. The predicted octanol–water partition coefficient (Wildman–Crippen LogP) is 3.98. The molecule has 0 fully saturated rings. The number of halogens is 1. The lowest BCUT2D eigenvalue weighted by Gasteiger charge is -2.19. The number of carbonyl (C=O) groups excluding carboxylic acids is 1. The molecule has 128 valence electrons. The van der Waals surface area contributed by atoms with E-state index < -0.39 is 6.10 Å². The van der Waals surface area contributed by atoms with E-state index in [1.807, 2.05) is 6.92 Å². The van der Waals surface area contributed by atoms with Gasteiger partial charge in [-0.1, -0.05) is 18.5 Å². The van der Waals surface area contributed by atoms with Gasteiger partial charge in [0.05, 0.1) is 24.8 Å². The number of hydrogen-bond acceptors (Lipinski definition) is 5. The van der Waals surface area contributed by atoms with Gasteiger partial charge >= 0.3 is 0 Å². The molecular weight excluding hydrogens is 330 g/mol. The van der Waals surface area contributed by atoms with Crippen molar-refractivity contribution in [2.75, 3.05) is 20.0 Å². The molecule has 2 rings (SSSR count). The minimum absolute atomic E-state index is 0.207. The largest absolute Gasteiger partial charge is 0.496 e. The minimum Gasteiger partial charge on any atom is -0.496 e. The molecule has 0 aliphatic rings. The molecular formula is C18H20ClNO4. The summed E-state index contributed by atoms with van der Waals surface area (Å²) in [6.45, 7) is 1.87. The van der Waals surface area contributed by atoms with Gasteiger partial charge in [-0.15, -0.1) is 0 Å². The third kappa shape index (κ3) is 3.92. The highest BCUT2D eigenvalue weighted by atomic mass is 35.5. The van der Waals surface area contributed by atoms with Crippen LogP contribution >= 0.6 is 11.6 Å². The summed E-state index contributed by atoms with van der Waals surface area (Å²) in [5.41, 5.74) is 6.65. The molecule has 0 saturated carbocycles. The van der Waals surface area contributed by atoms with Gasteiger partial charge in [0.15, 0.2) is 6.10 Å². The van der Waals surface area contributed by atoms with E-state index in [0.717, 1.165) is 0 Å². The first-order valence-corrected chi connectivity index (χ1v) is 7.85. The van der Waals surface area contributed by atoms with Crippen molar-refractivity contribution < 1.29 is 19.0 Å². The number of Topliss-reactive ketones (excluding diaryl/α,β-unsaturated/α-hetero) is 1. The van der Waals surface area contributed by atoms with Crippen LogP contribution in [0.1, 0.15) is 23.7 Å². The van der Waals surface area contributed by atoms with Crippen molar-refractivity contribution in [1.29, 1.82) is 0 Å². The number of hydrogen-bond donors (Lipinski definition) is 1. The maximum absolute atomic E-state index is 12.9. The molecule has 0 heterocycles. The van der Waals surface area contributed by atoms with Crippen molar-refractivity contribution in [2.45, 2.75) is 19.4 Å². The Morgan fingerprint density at radius 1 is 1.12 bits per heavy atom. The quantitative estimate of drug-likeness (QED) is 0.604. The molecule has 2 N–H and O–H groups in total. The zero-order chi connectivity index (χ0) is 17.7. The molecule has 1 unspecified atom stereocenters. The zero-order valence-corrected chi connectivity index (χ0v) is 14.6. The molecule has 0 aliphatic carbocycles. The average molecular weight is 350 g/mol. The second-order valence-electron chi connectivity index (χ2n) is 5.14. The summed E-state index contributed by atoms with van der Waals surface area (Å²) in [5, 5.41) is 0.374. The van der Waals surface area contributed by atoms with Crippen LogP contribution in [0.5, 0.6) is 17.2 Å². The lowest BCUT2D eigenvalue weighted by atomic mass is 10.0.